The maximum absolute atomic E-state index is 12.6. The second-order valence-corrected chi connectivity index (χ2v) is 9.24. The molecule has 0 bridgehead atoms. The Morgan fingerprint density at radius 2 is 1.77 bits per heavy atom. The number of hydrogen-bond acceptors (Lipinski definition) is 9. The first-order chi connectivity index (χ1) is 19.2. The molecule has 6 N–H and O–H groups in total. The number of aromatic nitrogens is 3. The second-order valence-electron chi connectivity index (χ2n) is 9.24. The minimum atomic E-state index is -1.56. The zero-order chi connectivity index (χ0) is 28.8. The van der Waals surface area contributed by atoms with Crippen LogP contribution in [0, 0.1) is 5.92 Å². The van der Waals surface area contributed by atoms with Crippen LogP contribution in [-0.4, -0.2) is 84.7 Å². The molecule has 13 heteroatoms. The molecule has 0 fully saturated rings. The molecule has 3 aromatic rings. The maximum atomic E-state index is 12.6. The van der Waals surface area contributed by atoms with Crippen molar-refractivity contribution in [1.29, 1.82) is 0 Å². The van der Waals surface area contributed by atoms with Gasteiger partial charge >= 0.3 is 5.97 Å². The lowest BCUT2D eigenvalue weighted by molar-refractivity contribution is -0.148. The SMILES string of the molecule is C[C@H]1[C@H]([C@H](O)[C@H](O)CO)OC(C(=O)O)=C[C@@H]1n1cc(-c2ccccc2NC(=O)CNC(=O)c2ccccc2)nn1. The molecule has 1 aliphatic rings. The van der Waals surface area contributed by atoms with Gasteiger partial charge in [-0.15, -0.1) is 5.10 Å². The number of rotatable bonds is 10. The number of allylic oxidation sites excluding steroid dienone is 1. The lowest BCUT2D eigenvalue weighted by Gasteiger charge is -2.37. The van der Waals surface area contributed by atoms with Gasteiger partial charge in [0.1, 0.15) is 24.0 Å². The fourth-order valence-corrected chi connectivity index (χ4v) is 4.35. The molecule has 1 aliphatic heterocycles. The van der Waals surface area contributed by atoms with Gasteiger partial charge < -0.3 is 35.8 Å². The Bertz CT molecular complexity index is 1390. The van der Waals surface area contributed by atoms with Gasteiger partial charge in [-0.05, 0) is 24.3 Å². The molecule has 13 nitrogen and oxygen atoms in total. The van der Waals surface area contributed by atoms with E-state index in [4.69, 9.17) is 4.74 Å². The fourth-order valence-electron chi connectivity index (χ4n) is 4.35. The summed E-state index contributed by atoms with van der Waals surface area (Å²) in [4.78, 5) is 36.5. The highest BCUT2D eigenvalue weighted by Gasteiger charge is 2.41. The Balaban J connectivity index is 1.52. The van der Waals surface area contributed by atoms with E-state index in [9.17, 15) is 34.8 Å². The number of carbonyl (C=O) groups is 3. The number of carboxylic acids is 1. The van der Waals surface area contributed by atoms with E-state index in [0.29, 0.717) is 22.5 Å². The normalized spacial score (nSPS) is 20.0. The van der Waals surface area contributed by atoms with Crippen LogP contribution in [0.25, 0.3) is 11.3 Å². The number of ether oxygens (including phenoxy) is 1. The van der Waals surface area contributed by atoms with E-state index in [1.807, 2.05) is 0 Å². The molecule has 0 unspecified atom stereocenters. The van der Waals surface area contributed by atoms with E-state index >= 15 is 0 Å². The molecule has 1 aromatic heterocycles. The molecule has 0 saturated heterocycles. The Labute approximate surface area is 228 Å². The Hall–Kier alpha value is -4.59. The second kappa shape index (κ2) is 12.5. The first kappa shape index (κ1) is 28.4. The van der Waals surface area contributed by atoms with Gasteiger partial charge in [0.05, 0.1) is 31.1 Å². The fraction of sp³-hybridized carbons (Fsp3) is 0.296. The number of amides is 2. The minimum absolute atomic E-state index is 0.263. The van der Waals surface area contributed by atoms with Crippen molar-refractivity contribution in [2.75, 3.05) is 18.5 Å². The summed E-state index contributed by atoms with van der Waals surface area (Å²) in [5.74, 6) is -3.26. The molecular formula is C27H29N5O8. The third kappa shape index (κ3) is 6.34. The molecular weight excluding hydrogens is 522 g/mol. The maximum Gasteiger partial charge on any atom is 0.370 e. The van der Waals surface area contributed by atoms with Gasteiger partial charge in [-0.3, -0.25) is 9.59 Å². The van der Waals surface area contributed by atoms with Crippen molar-refractivity contribution in [3.63, 3.8) is 0 Å². The summed E-state index contributed by atoms with van der Waals surface area (Å²) in [6, 6.07) is 14.6. The average Bonchev–Trinajstić information content (AvgIpc) is 3.45. The summed E-state index contributed by atoms with van der Waals surface area (Å²) in [5, 5.41) is 52.8. The molecule has 4 rings (SSSR count). The van der Waals surface area contributed by atoms with Crippen LogP contribution in [0.4, 0.5) is 5.69 Å². The number of aliphatic carboxylic acids is 1. The van der Waals surface area contributed by atoms with Gasteiger partial charge in [-0.2, -0.15) is 0 Å². The molecule has 0 aliphatic carbocycles. The van der Waals surface area contributed by atoms with Crippen LogP contribution in [0.3, 0.4) is 0 Å². The van der Waals surface area contributed by atoms with E-state index in [1.54, 1.807) is 67.7 Å². The number of para-hydroxylation sites is 1. The predicted octanol–water partition coefficient (Wildman–Crippen LogP) is 0.572. The lowest BCUT2D eigenvalue weighted by atomic mass is 9.87. The quantitative estimate of drug-likeness (QED) is 0.207. The van der Waals surface area contributed by atoms with Crippen LogP contribution in [0.1, 0.15) is 23.3 Å². The number of aliphatic hydroxyl groups excluding tert-OH is 3. The van der Waals surface area contributed by atoms with Gasteiger partial charge in [0, 0.05) is 17.0 Å². The summed E-state index contributed by atoms with van der Waals surface area (Å²) >= 11 is 0. The van der Waals surface area contributed by atoms with E-state index in [2.05, 4.69) is 20.9 Å². The highest BCUT2D eigenvalue weighted by Crippen LogP contribution is 2.35. The standard InChI is InChI=1S/C27H29N5O8/c1-15-20(11-22(27(38)39)40-25(15)24(36)21(34)14-33)32-13-19(30-31-32)17-9-5-6-10-18(17)29-23(35)12-28-26(37)16-7-3-2-4-8-16/h2-11,13,15,20-21,24-25,33-34,36H,12,14H2,1H3,(H,28,37)(H,29,35)(H,38,39)/t15-,20+,21-,24-,25-/m1/s1. The van der Waals surface area contributed by atoms with Crippen molar-refractivity contribution < 1.29 is 39.5 Å². The van der Waals surface area contributed by atoms with E-state index in [-0.39, 0.29) is 12.5 Å². The van der Waals surface area contributed by atoms with Gasteiger partial charge in [-0.1, -0.05) is 48.5 Å². The monoisotopic (exact) mass is 551 g/mol. The molecule has 5 atom stereocenters. The van der Waals surface area contributed by atoms with Crippen molar-refractivity contribution in [2.24, 2.45) is 5.92 Å². The van der Waals surface area contributed by atoms with Crippen molar-refractivity contribution in [3.8, 4) is 11.3 Å². The van der Waals surface area contributed by atoms with Crippen LogP contribution < -0.4 is 10.6 Å². The van der Waals surface area contributed by atoms with E-state index < -0.39 is 54.5 Å². The van der Waals surface area contributed by atoms with Crippen LogP contribution >= 0.6 is 0 Å². The van der Waals surface area contributed by atoms with Crippen molar-refractivity contribution in [1.82, 2.24) is 20.3 Å². The number of hydrogen-bond donors (Lipinski definition) is 6. The number of benzene rings is 2. The highest BCUT2D eigenvalue weighted by molar-refractivity contribution is 6.00. The average molecular weight is 552 g/mol. The third-order valence-corrected chi connectivity index (χ3v) is 6.51. The van der Waals surface area contributed by atoms with Crippen molar-refractivity contribution >= 4 is 23.5 Å². The largest absolute Gasteiger partial charge is 0.480 e. The summed E-state index contributed by atoms with van der Waals surface area (Å²) in [6.07, 6.45) is -1.39. The molecule has 40 heavy (non-hydrogen) atoms. The van der Waals surface area contributed by atoms with Crippen LogP contribution in [0.15, 0.2) is 72.6 Å². The Morgan fingerprint density at radius 1 is 1.07 bits per heavy atom. The van der Waals surface area contributed by atoms with Crippen molar-refractivity contribution in [2.45, 2.75) is 31.3 Å². The van der Waals surface area contributed by atoms with Gasteiger partial charge in [0.2, 0.25) is 11.7 Å². The summed E-state index contributed by atoms with van der Waals surface area (Å²) in [5.41, 5.74) is 1.72. The first-order valence-electron chi connectivity index (χ1n) is 12.4. The number of nitrogens with one attached hydrogen (secondary N) is 2. The zero-order valence-corrected chi connectivity index (χ0v) is 21.4. The smallest absolute Gasteiger partial charge is 0.370 e. The van der Waals surface area contributed by atoms with E-state index in [1.165, 1.54) is 10.8 Å². The minimum Gasteiger partial charge on any atom is -0.480 e. The molecule has 0 saturated carbocycles. The van der Waals surface area contributed by atoms with Crippen LogP contribution in [-0.2, 0) is 14.3 Å². The topological polar surface area (TPSA) is 196 Å². The van der Waals surface area contributed by atoms with Crippen LogP contribution in [0.5, 0.6) is 0 Å². The van der Waals surface area contributed by atoms with Gasteiger partial charge in [0.25, 0.3) is 5.91 Å². The molecule has 2 amide bonds. The number of nitrogens with zero attached hydrogens (tertiary/aromatic N) is 3. The first-order valence-corrected chi connectivity index (χ1v) is 12.4. The predicted molar refractivity (Wildman–Crippen MR) is 141 cm³/mol. The molecule has 0 radical (unpaired) electrons. The van der Waals surface area contributed by atoms with Gasteiger partial charge in [0.15, 0.2) is 0 Å². The van der Waals surface area contributed by atoms with Crippen molar-refractivity contribution in [3.05, 3.63) is 78.2 Å². The molecule has 210 valence electrons. The summed E-state index contributed by atoms with van der Waals surface area (Å²) in [7, 11) is 0. The summed E-state index contributed by atoms with van der Waals surface area (Å²) in [6.45, 7) is 0.675. The summed E-state index contributed by atoms with van der Waals surface area (Å²) < 4.78 is 6.82. The Kier molecular flexibility index (Phi) is 8.89. The number of carbonyl (C=O) groups excluding carboxylic acids is 2. The third-order valence-electron chi connectivity index (χ3n) is 6.51. The number of aliphatic hydroxyl groups is 3. The Morgan fingerprint density at radius 3 is 2.48 bits per heavy atom. The lowest BCUT2D eigenvalue weighted by Crippen LogP contribution is -2.48. The van der Waals surface area contributed by atoms with Crippen LogP contribution in [0.2, 0.25) is 0 Å². The number of anilines is 1. The van der Waals surface area contributed by atoms with Gasteiger partial charge in [-0.25, -0.2) is 9.48 Å². The molecule has 2 heterocycles. The van der Waals surface area contributed by atoms with E-state index in [0.717, 1.165) is 0 Å². The molecule has 0 spiro atoms. The zero-order valence-electron chi connectivity index (χ0n) is 21.4. The number of carboxylic acid groups (broad SMARTS) is 1. The molecule has 2 aromatic carbocycles. The highest BCUT2D eigenvalue weighted by atomic mass is 16.5.